The molecule has 0 aromatic heterocycles. The molecule has 35 heavy (non-hydrogen) atoms. The molecule has 0 aliphatic carbocycles. The molecule has 1 N–H and O–H groups in total. The minimum atomic E-state index is -1.09. The van der Waals surface area contributed by atoms with E-state index in [4.69, 9.17) is 16.6 Å². The summed E-state index contributed by atoms with van der Waals surface area (Å²) in [6, 6.07) is 22.4. The van der Waals surface area contributed by atoms with Crippen molar-refractivity contribution in [2.75, 3.05) is 11.9 Å². The number of aliphatic imine (C=N–C) groups is 1. The minimum absolute atomic E-state index is 0.0641. The van der Waals surface area contributed by atoms with E-state index in [-0.39, 0.29) is 11.3 Å². The van der Waals surface area contributed by atoms with E-state index in [1.54, 1.807) is 18.0 Å². The number of hydrogen-bond donors (Lipinski definition) is 1. The number of aliphatic hydroxyl groups excluding tert-OH is 1. The van der Waals surface area contributed by atoms with Crippen molar-refractivity contribution >= 4 is 35.0 Å². The first-order chi connectivity index (χ1) is 16.6. The van der Waals surface area contributed by atoms with Crippen LogP contribution in [-0.4, -0.2) is 35.9 Å². The van der Waals surface area contributed by atoms with Crippen molar-refractivity contribution < 1.29 is 9.90 Å². The Hall–Kier alpha value is -3.21. The number of benzene rings is 3. The third-order valence-corrected chi connectivity index (χ3v) is 6.65. The molecule has 3 aromatic rings. The monoisotopic (exact) mass is 486 g/mol. The number of benzodiazepines with no additional fused rings is 1. The van der Waals surface area contributed by atoms with Gasteiger partial charge in [0.05, 0.1) is 11.4 Å². The van der Waals surface area contributed by atoms with E-state index in [1.807, 2.05) is 67.6 Å². The van der Waals surface area contributed by atoms with Crippen LogP contribution in [0.5, 0.6) is 0 Å². The molecule has 1 heterocycles. The predicted molar refractivity (Wildman–Crippen MR) is 146 cm³/mol. The fourth-order valence-electron chi connectivity index (χ4n) is 4.28. The Kier molecular flexibility index (Phi) is 6.98. The number of carbonyl (C=O) groups excluding carboxylic acids is 1. The van der Waals surface area contributed by atoms with Gasteiger partial charge in [0.1, 0.15) is 6.10 Å². The fourth-order valence-corrected chi connectivity index (χ4v) is 4.45. The largest absolute Gasteiger partial charge is 0.386 e. The Morgan fingerprint density at radius 1 is 1.06 bits per heavy atom. The number of nitrogens with zero attached hydrogens (tertiary/aromatic N) is 2. The zero-order chi connectivity index (χ0) is 25.3. The predicted octanol–water partition coefficient (Wildman–Crippen LogP) is 6.28. The van der Waals surface area contributed by atoms with E-state index in [0.29, 0.717) is 22.0 Å². The number of aliphatic hydroxyl groups is 1. The van der Waals surface area contributed by atoms with E-state index in [0.717, 1.165) is 16.7 Å². The lowest BCUT2D eigenvalue weighted by molar-refractivity contribution is -0.121. The summed E-state index contributed by atoms with van der Waals surface area (Å²) in [7, 11) is 1.71. The van der Waals surface area contributed by atoms with Crippen LogP contribution >= 0.6 is 11.6 Å². The lowest BCUT2D eigenvalue weighted by Gasteiger charge is -2.24. The number of amides is 1. The average molecular weight is 487 g/mol. The Morgan fingerprint density at radius 3 is 2.34 bits per heavy atom. The third-order valence-electron chi connectivity index (χ3n) is 6.41. The van der Waals surface area contributed by atoms with Gasteiger partial charge in [0.2, 0.25) is 0 Å². The van der Waals surface area contributed by atoms with Crippen LogP contribution in [0.2, 0.25) is 5.02 Å². The van der Waals surface area contributed by atoms with Crippen LogP contribution < -0.4 is 4.90 Å². The van der Waals surface area contributed by atoms with Crippen molar-refractivity contribution in [3.8, 4) is 0 Å². The Morgan fingerprint density at radius 2 is 1.71 bits per heavy atom. The van der Waals surface area contributed by atoms with Gasteiger partial charge in [-0.05, 0) is 47.2 Å². The van der Waals surface area contributed by atoms with Gasteiger partial charge in [0.15, 0.2) is 6.04 Å². The summed E-state index contributed by atoms with van der Waals surface area (Å²) in [4.78, 5) is 19.9. The van der Waals surface area contributed by atoms with Crippen molar-refractivity contribution in [1.29, 1.82) is 0 Å². The maximum atomic E-state index is 13.5. The van der Waals surface area contributed by atoms with E-state index >= 15 is 0 Å². The van der Waals surface area contributed by atoms with Crippen molar-refractivity contribution in [3.63, 3.8) is 0 Å². The van der Waals surface area contributed by atoms with Crippen LogP contribution in [-0.2, 0) is 10.2 Å². The molecule has 4 rings (SSSR count). The van der Waals surface area contributed by atoms with Gasteiger partial charge < -0.3 is 10.0 Å². The SMILES string of the molecule is C/C(=C\c1ccc(C(C)(C)C)cc1)[C@H](O)[C@H]1N=C(c2ccccc2)c2cc(Cl)ccc2N(C)C1=O. The van der Waals surface area contributed by atoms with Gasteiger partial charge in [0, 0.05) is 23.2 Å². The number of fused-ring (bicyclic) bond motifs is 1. The van der Waals surface area contributed by atoms with Crippen molar-refractivity contribution in [2.45, 2.75) is 45.3 Å². The van der Waals surface area contributed by atoms with E-state index in [1.165, 1.54) is 5.56 Å². The zero-order valence-corrected chi connectivity index (χ0v) is 21.5. The molecule has 3 aromatic carbocycles. The van der Waals surface area contributed by atoms with Gasteiger partial charge in [-0.2, -0.15) is 0 Å². The van der Waals surface area contributed by atoms with E-state index < -0.39 is 12.1 Å². The lowest BCUT2D eigenvalue weighted by atomic mass is 9.86. The normalized spacial score (nSPS) is 17.5. The fraction of sp³-hybridized carbons (Fsp3) is 0.267. The molecule has 180 valence electrons. The summed E-state index contributed by atoms with van der Waals surface area (Å²) in [6.07, 6.45) is 0.826. The third kappa shape index (κ3) is 5.24. The molecular weight excluding hydrogens is 456 g/mol. The molecule has 4 nitrogen and oxygen atoms in total. The number of halogens is 1. The summed E-state index contributed by atoms with van der Waals surface area (Å²) in [5.41, 5.74) is 5.88. The van der Waals surface area contributed by atoms with Crippen LogP contribution in [0.1, 0.15) is 49.9 Å². The number of hydrogen-bond acceptors (Lipinski definition) is 3. The lowest BCUT2D eigenvalue weighted by Crippen LogP contribution is -2.42. The Labute approximate surface area is 212 Å². The van der Waals surface area contributed by atoms with Crippen LogP contribution in [0.3, 0.4) is 0 Å². The second-order valence-corrected chi connectivity index (χ2v) is 10.5. The molecule has 0 unspecified atom stereocenters. The molecule has 1 aliphatic heterocycles. The maximum Gasteiger partial charge on any atom is 0.254 e. The highest BCUT2D eigenvalue weighted by atomic mass is 35.5. The van der Waals surface area contributed by atoms with Crippen molar-refractivity contribution in [1.82, 2.24) is 0 Å². The number of rotatable bonds is 4. The zero-order valence-electron chi connectivity index (χ0n) is 20.8. The Balaban J connectivity index is 1.76. The first-order valence-corrected chi connectivity index (χ1v) is 12.1. The molecule has 0 bridgehead atoms. The van der Waals surface area contributed by atoms with Gasteiger partial charge in [-0.3, -0.25) is 9.79 Å². The topological polar surface area (TPSA) is 52.9 Å². The number of carbonyl (C=O) groups is 1. The second kappa shape index (κ2) is 9.80. The molecule has 5 heteroatoms. The molecule has 0 spiro atoms. The van der Waals surface area contributed by atoms with Gasteiger partial charge in [-0.1, -0.05) is 93.0 Å². The molecule has 0 radical (unpaired) electrons. The molecule has 1 aliphatic rings. The smallest absolute Gasteiger partial charge is 0.254 e. The summed E-state index contributed by atoms with van der Waals surface area (Å²) in [5, 5.41) is 11.9. The molecular formula is C30H31ClN2O2. The van der Waals surface area contributed by atoms with Gasteiger partial charge in [0.25, 0.3) is 5.91 Å². The van der Waals surface area contributed by atoms with Gasteiger partial charge >= 0.3 is 0 Å². The number of anilines is 1. The van der Waals surface area contributed by atoms with Gasteiger partial charge in [-0.15, -0.1) is 0 Å². The van der Waals surface area contributed by atoms with Crippen molar-refractivity contribution in [2.24, 2.45) is 4.99 Å². The molecule has 0 fully saturated rings. The van der Waals surface area contributed by atoms with Gasteiger partial charge in [-0.25, -0.2) is 0 Å². The van der Waals surface area contributed by atoms with E-state index in [9.17, 15) is 9.90 Å². The number of likely N-dealkylation sites (N-methyl/N-ethyl adjacent to an activating group) is 1. The summed E-state index contributed by atoms with van der Waals surface area (Å²) in [5.74, 6) is -0.275. The second-order valence-electron chi connectivity index (χ2n) is 10.1. The standard InChI is InChI=1S/C30H31ClN2O2/c1-19(17-20-11-13-22(14-12-20)30(2,3)4)28(34)27-29(35)33(5)25-16-15-23(31)18-24(25)26(32-27)21-9-7-6-8-10-21/h6-18,27-28,34H,1-5H3/b19-17+/t27-,28+/m1/s1. The van der Waals surface area contributed by atoms with Crippen LogP contribution in [0.25, 0.3) is 6.08 Å². The molecule has 0 saturated carbocycles. The van der Waals surface area contributed by atoms with Crippen LogP contribution in [0.4, 0.5) is 5.69 Å². The first kappa shape index (κ1) is 24.9. The maximum absolute atomic E-state index is 13.5. The minimum Gasteiger partial charge on any atom is -0.386 e. The highest BCUT2D eigenvalue weighted by molar-refractivity contribution is 6.32. The average Bonchev–Trinajstić information content (AvgIpc) is 2.93. The molecule has 1 amide bonds. The summed E-state index contributed by atoms with van der Waals surface area (Å²) >= 11 is 6.33. The molecule has 0 saturated heterocycles. The van der Waals surface area contributed by atoms with Crippen LogP contribution in [0, 0.1) is 0 Å². The molecule has 2 atom stereocenters. The highest BCUT2D eigenvalue weighted by Crippen LogP contribution is 2.32. The quantitative estimate of drug-likeness (QED) is 0.471. The summed E-state index contributed by atoms with van der Waals surface area (Å²) in [6.45, 7) is 8.36. The van der Waals surface area contributed by atoms with E-state index in [2.05, 4.69) is 32.9 Å². The Bertz CT molecular complexity index is 1290. The summed E-state index contributed by atoms with van der Waals surface area (Å²) < 4.78 is 0. The van der Waals surface area contributed by atoms with Crippen LogP contribution in [0.15, 0.2) is 83.4 Å². The van der Waals surface area contributed by atoms with Crippen molar-refractivity contribution in [3.05, 3.63) is 106 Å². The first-order valence-electron chi connectivity index (χ1n) is 11.7. The highest BCUT2D eigenvalue weighted by Gasteiger charge is 2.35.